The van der Waals surface area contributed by atoms with Crippen LogP contribution in [0, 0.1) is 5.92 Å². The lowest BCUT2D eigenvalue weighted by atomic mass is 9.98. The molecule has 4 heteroatoms. The fraction of sp³-hybridized carbons (Fsp3) is 0.933. The Bertz CT molecular complexity index is 294. The Morgan fingerprint density at radius 3 is 2.32 bits per heavy atom. The molecule has 0 aromatic heterocycles. The van der Waals surface area contributed by atoms with Gasteiger partial charge in [0.05, 0.1) is 6.04 Å². The zero-order chi connectivity index (χ0) is 13.8. The summed E-state index contributed by atoms with van der Waals surface area (Å²) >= 11 is 0. The lowest BCUT2D eigenvalue weighted by Crippen LogP contribution is -2.55. The van der Waals surface area contributed by atoms with E-state index in [1.54, 1.807) is 0 Å². The van der Waals surface area contributed by atoms with Gasteiger partial charge in [0.2, 0.25) is 5.91 Å². The van der Waals surface area contributed by atoms with Crippen LogP contribution in [0.3, 0.4) is 0 Å². The van der Waals surface area contributed by atoms with Gasteiger partial charge in [0, 0.05) is 32.2 Å². The molecule has 0 spiro atoms. The van der Waals surface area contributed by atoms with E-state index in [4.69, 9.17) is 5.73 Å². The molecule has 2 N–H and O–H groups in total. The molecule has 2 aliphatic rings. The predicted octanol–water partition coefficient (Wildman–Crippen LogP) is 1.45. The first-order valence-corrected chi connectivity index (χ1v) is 7.92. The van der Waals surface area contributed by atoms with Crippen LogP contribution in [-0.2, 0) is 4.79 Å². The molecule has 1 aliphatic heterocycles. The van der Waals surface area contributed by atoms with E-state index in [1.165, 1.54) is 25.7 Å². The SMILES string of the molecule is CC[C@H](C)[C@H](N)C(=O)N1CCN(C2CCCC2)CC1. The number of hydrogen-bond acceptors (Lipinski definition) is 3. The van der Waals surface area contributed by atoms with Crippen molar-refractivity contribution in [3.63, 3.8) is 0 Å². The molecule has 110 valence electrons. The van der Waals surface area contributed by atoms with Crippen LogP contribution >= 0.6 is 0 Å². The number of amides is 1. The molecular formula is C15H29N3O. The average Bonchev–Trinajstić information content (AvgIpc) is 2.99. The molecule has 1 saturated heterocycles. The van der Waals surface area contributed by atoms with E-state index in [-0.39, 0.29) is 17.9 Å². The molecular weight excluding hydrogens is 238 g/mol. The Labute approximate surface area is 117 Å². The summed E-state index contributed by atoms with van der Waals surface area (Å²) < 4.78 is 0. The maximum Gasteiger partial charge on any atom is 0.239 e. The molecule has 1 amide bonds. The lowest BCUT2D eigenvalue weighted by molar-refractivity contribution is -0.135. The minimum atomic E-state index is -0.317. The van der Waals surface area contributed by atoms with Crippen LogP contribution in [0.1, 0.15) is 46.0 Å². The van der Waals surface area contributed by atoms with Crippen LogP contribution in [0.2, 0.25) is 0 Å². The summed E-state index contributed by atoms with van der Waals surface area (Å²) in [5.74, 6) is 0.431. The molecule has 4 nitrogen and oxygen atoms in total. The summed E-state index contributed by atoms with van der Waals surface area (Å²) in [5, 5.41) is 0. The van der Waals surface area contributed by atoms with Crippen molar-refractivity contribution in [3.05, 3.63) is 0 Å². The fourth-order valence-electron chi connectivity index (χ4n) is 3.29. The van der Waals surface area contributed by atoms with Crippen molar-refractivity contribution in [1.29, 1.82) is 0 Å². The third-order valence-electron chi connectivity index (χ3n) is 5.01. The van der Waals surface area contributed by atoms with Crippen LogP contribution in [0.5, 0.6) is 0 Å². The second-order valence-electron chi connectivity index (χ2n) is 6.21. The quantitative estimate of drug-likeness (QED) is 0.838. The molecule has 2 atom stereocenters. The molecule has 0 aromatic rings. The van der Waals surface area contributed by atoms with Crippen molar-refractivity contribution in [1.82, 2.24) is 9.80 Å². The minimum absolute atomic E-state index is 0.153. The number of carbonyl (C=O) groups is 1. The first-order chi connectivity index (χ1) is 9.13. The standard InChI is InChI=1S/C15H29N3O/c1-3-12(2)14(16)15(19)18-10-8-17(9-11-18)13-6-4-5-7-13/h12-14H,3-11,16H2,1-2H3/t12-,14-/m0/s1. The van der Waals surface area contributed by atoms with E-state index in [2.05, 4.69) is 18.7 Å². The summed E-state index contributed by atoms with van der Waals surface area (Å²) in [7, 11) is 0. The first-order valence-electron chi connectivity index (χ1n) is 7.92. The van der Waals surface area contributed by atoms with Gasteiger partial charge in [-0.3, -0.25) is 9.69 Å². The Morgan fingerprint density at radius 1 is 1.21 bits per heavy atom. The lowest BCUT2D eigenvalue weighted by Gasteiger charge is -2.39. The van der Waals surface area contributed by atoms with Crippen molar-refractivity contribution in [3.8, 4) is 0 Å². The normalized spacial score (nSPS) is 25.5. The average molecular weight is 267 g/mol. The van der Waals surface area contributed by atoms with E-state index in [0.717, 1.165) is 38.6 Å². The molecule has 0 aromatic carbocycles. The van der Waals surface area contributed by atoms with E-state index < -0.39 is 0 Å². The van der Waals surface area contributed by atoms with Crippen LogP contribution in [0.15, 0.2) is 0 Å². The van der Waals surface area contributed by atoms with Gasteiger partial charge in [-0.15, -0.1) is 0 Å². The molecule has 1 aliphatic carbocycles. The summed E-state index contributed by atoms with van der Waals surface area (Å²) in [5.41, 5.74) is 6.05. The maximum atomic E-state index is 12.3. The number of nitrogens with zero attached hydrogens (tertiary/aromatic N) is 2. The minimum Gasteiger partial charge on any atom is -0.339 e. The molecule has 0 unspecified atom stereocenters. The van der Waals surface area contributed by atoms with Gasteiger partial charge in [0.1, 0.15) is 0 Å². The highest BCUT2D eigenvalue weighted by Gasteiger charge is 2.30. The fourth-order valence-corrected chi connectivity index (χ4v) is 3.29. The monoisotopic (exact) mass is 267 g/mol. The van der Waals surface area contributed by atoms with Gasteiger partial charge < -0.3 is 10.6 Å². The summed E-state index contributed by atoms with van der Waals surface area (Å²) in [6.45, 7) is 7.94. The number of rotatable bonds is 4. The zero-order valence-corrected chi connectivity index (χ0v) is 12.5. The molecule has 1 heterocycles. The van der Waals surface area contributed by atoms with Gasteiger partial charge in [-0.2, -0.15) is 0 Å². The van der Waals surface area contributed by atoms with Crippen LogP contribution in [0.25, 0.3) is 0 Å². The summed E-state index contributed by atoms with van der Waals surface area (Å²) in [4.78, 5) is 16.9. The zero-order valence-electron chi connectivity index (χ0n) is 12.5. The smallest absolute Gasteiger partial charge is 0.239 e. The first kappa shape index (κ1) is 14.8. The van der Waals surface area contributed by atoms with Crippen molar-refractivity contribution in [2.45, 2.75) is 58.0 Å². The second kappa shape index (κ2) is 6.71. The Hall–Kier alpha value is -0.610. The Morgan fingerprint density at radius 2 is 1.79 bits per heavy atom. The predicted molar refractivity (Wildman–Crippen MR) is 77.8 cm³/mol. The summed E-state index contributed by atoms with van der Waals surface area (Å²) in [6.07, 6.45) is 6.42. The second-order valence-corrected chi connectivity index (χ2v) is 6.21. The van der Waals surface area contributed by atoms with Gasteiger partial charge in [-0.25, -0.2) is 0 Å². The van der Waals surface area contributed by atoms with Gasteiger partial charge in [0.15, 0.2) is 0 Å². The van der Waals surface area contributed by atoms with Gasteiger partial charge in [-0.1, -0.05) is 33.1 Å². The van der Waals surface area contributed by atoms with Crippen molar-refractivity contribution in [2.24, 2.45) is 11.7 Å². The molecule has 0 bridgehead atoms. The van der Waals surface area contributed by atoms with Crippen molar-refractivity contribution in [2.75, 3.05) is 26.2 Å². The highest BCUT2D eigenvalue weighted by Crippen LogP contribution is 2.24. The molecule has 2 fully saturated rings. The molecule has 2 rings (SSSR count). The van der Waals surface area contributed by atoms with Gasteiger partial charge in [0.25, 0.3) is 0 Å². The van der Waals surface area contributed by atoms with E-state index in [1.807, 2.05) is 4.90 Å². The van der Waals surface area contributed by atoms with E-state index in [9.17, 15) is 4.79 Å². The number of carbonyl (C=O) groups excluding carboxylic acids is 1. The van der Waals surface area contributed by atoms with Gasteiger partial charge in [-0.05, 0) is 18.8 Å². The van der Waals surface area contributed by atoms with Crippen LogP contribution in [0.4, 0.5) is 0 Å². The third kappa shape index (κ3) is 3.48. The molecule has 0 radical (unpaired) electrons. The topological polar surface area (TPSA) is 49.6 Å². The molecule has 19 heavy (non-hydrogen) atoms. The number of nitrogens with two attached hydrogens (primary N) is 1. The van der Waals surface area contributed by atoms with Crippen LogP contribution < -0.4 is 5.73 Å². The third-order valence-corrected chi connectivity index (χ3v) is 5.01. The summed E-state index contributed by atoms with van der Waals surface area (Å²) in [6, 6.07) is 0.462. The van der Waals surface area contributed by atoms with Gasteiger partial charge >= 0.3 is 0 Å². The maximum absolute atomic E-state index is 12.3. The van der Waals surface area contributed by atoms with E-state index >= 15 is 0 Å². The largest absolute Gasteiger partial charge is 0.339 e. The highest BCUT2D eigenvalue weighted by atomic mass is 16.2. The van der Waals surface area contributed by atoms with E-state index in [0.29, 0.717) is 0 Å². The number of piperazine rings is 1. The van der Waals surface area contributed by atoms with Crippen molar-refractivity contribution >= 4 is 5.91 Å². The Balaban J connectivity index is 1.80. The number of hydrogen-bond donors (Lipinski definition) is 1. The Kier molecular flexibility index (Phi) is 5.22. The molecule has 1 saturated carbocycles. The highest BCUT2D eigenvalue weighted by molar-refractivity contribution is 5.82. The van der Waals surface area contributed by atoms with Crippen molar-refractivity contribution < 1.29 is 4.79 Å². The van der Waals surface area contributed by atoms with Crippen LogP contribution in [-0.4, -0.2) is 54.0 Å².